The van der Waals surface area contributed by atoms with Gasteiger partial charge in [0, 0.05) is 12.1 Å². The maximum Gasteiger partial charge on any atom is 0.328 e. The van der Waals surface area contributed by atoms with Crippen LogP contribution in [0.3, 0.4) is 0 Å². The molecule has 0 saturated heterocycles. The summed E-state index contributed by atoms with van der Waals surface area (Å²) in [6.45, 7) is 0. The fourth-order valence-corrected chi connectivity index (χ4v) is 1.13. The molecule has 0 unspecified atom stereocenters. The third-order valence-electron chi connectivity index (χ3n) is 2.03. The summed E-state index contributed by atoms with van der Waals surface area (Å²) >= 11 is 0. The van der Waals surface area contributed by atoms with Crippen LogP contribution in [0.25, 0.3) is 0 Å². The highest BCUT2D eigenvalue weighted by molar-refractivity contribution is 6.03. The van der Waals surface area contributed by atoms with E-state index in [1.807, 2.05) is 0 Å². The summed E-state index contributed by atoms with van der Waals surface area (Å²) in [4.78, 5) is 21.8. The van der Waals surface area contributed by atoms with E-state index in [1.54, 1.807) is 24.3 Å². The maximum absolute atomic E-state index is 11.3. The van der Waals surface area contributed by atoms with Gasteiger partial charge in [0.1, 0.15) is 0 Å². The minimum atomic E-state index is -1.48. The SMILES string of the molecule is Nc1ccccc1CC(=O)[C@@H](N)C(=O)O. The lowest BCUT2D eigenvalue weighted by molar-refractivity contribution is -0.142. The summed E-state index contributed by atoms with van der Waals surface area (Å²) in [6.07, 6.45) is -0.0554. The molecule has 5 heteroatoms. The van der Waals surface area contributed by atoms with Crippen molar-refractivity contribution in [1.29, 1.82) is 0 Å². The minimum absolute atomic E-state index is 0.0554. The number of carbonyl (C=O) groups excluding carboxylic acids is 1. The van der Waals surface area contributed by atoms with E-state index >= 15 is 0 Å². The number of para-hydroxylation sites is 1. The summed E-state index contributed by atoms with van der Waals surface area (Å²) in [6, 6.07) is 5.30. The minimum Gasteiger partial charge on any atom is -0.480 e. The van der Waals surface area contributed by atoms with Gasteiger partial charge in [-0.15, -0.1) is 0 Å². The molecule has 1 rings (SSSR count). The van der Waals surface area contributed by atoms with Crippen molar-refractivity contribution in [3.8, 4) is 0 Å². The number of hydrogen-bond acceptors (Lipinski definition) is 4. The predicted molar refractivity (Wildman–Crippen MR) is 55.2 cm³/mol. The van der Waals surface area contributed by atoms with Crippen molar-refractivity contribution in [3.05, 3.63) is 29.8 Å². The Balaban J connectivity index is 2.75. The number of ketones is 1. The highest BCUT2D eigenvalue weighted by Gasteiger charge is 2.21. The molecule has 0 aliphatic carbocycles. The largest absolute Gasteiger partial charge is 0.480 e. The van der Waals surface area contributed by atoms with Gasteiger partial charge in [0.25, 0.3) is 0 Å². The second kappa shape index (κ2) is 4.56. The van der Waals surface area contributed by atoms with Gasteiger partial charge in [0.2, 0.25) is 0 Å². The molecule has 0 radical (unpaired) electrons. The number of rotatable bonds is 4. The smallest absolute Gasteiger partial charge is 0.328 e. The number of nitrogens with two attached hydrogens (primary N) is 2. The second-order valence-electron chi connectivity index (χ2n) is 3.16. The monoisotopic (exact) mass is 208 g/mol. The fourth-order valence-electron chi connectivity index (χ4n) is 1.13. The van der Waals surface area contributed by atoms with Crippen LogP contribution in [0.2, 0.25) is 0 Å². The zero-order chi connectivity index (χ0) is 11.4. The molecule has 0 aromatic heterocycles. The molecule has 1 aromatic carbocycles. The molecule has 0 amide bonds. The Morgan fingerprint density at radius 1 is 1.33 bits per heavy atom. The molecule has 0 bridgehead atoms. The summed E-state index contributed by atoms with van der Waals surface area (Å²) in [5, 5.41) is 8.52. The average Bonchev–Trinajstić information content (AvgIpc) is 2.20. The van der Waals surface area contributed by atoms with Crippen LogP contribution in [-0.4, -0.2) is 22.9 Å². The lowest BCUT2D eigenvalue weighted by Crippen LogP contribution is -2.39. The molecule has 0 aliphatic rings. The van der Waals surface area contributed by atoms with E-state index < -0.39 is 17.8 Å². The maximum atomic E-state index is 11.3. The number of benzene rings is 1. The molecule has 1 atom stereocenters. The van der Waals surface area contributed by atoms with Gasteiger partial charge in [-0.2, -0.15) is 0 Å². The lowest BCUT2D eigenvalue weighted by atomic mass is 10.0. The topological polar surface area (TPSA) is 106 Å². The standard InChI is InChI=1S/C10H12N2O3/c11-7-4-2-1-3-6(7)5-8(13)9(12)10(14)15/h1-4,9H,5,11-12H2,(H,14,15)/t9-/m1/s1. The first kappa shape index (κ1) is 11.2. The Labute approximate surface area is 86.7 Å². The van der Waals surface area contributed by atoms with Crippen LogP contribution in [-0.2, 0) is 16.0 Å². The van der Waals surface area contributed by atoms with E-state index in [0.29, 0.717) is 11.3 Å². The molecular weight excluding hydrogens is 196 g/mol. The van der Waals surface area contributed by atoms with Crippen molar-refractivity contribution in [2.45, 2.75) is 12.5 Å². The molecule has 15 heavy (non-hydrogen) atoms. The second-order valence-corrected chi connectivity index (χ2v) is 3.16. The normalized spacial score (nSPS) is 12.1. The highest BCUT2D eigenvalue weighted by Crippen LogP contribution is 2.11. The number of nitrogen functional groups attached to an aromatic ring is 1. The molecule has 0 spiro atoms. The van der Waals surface area contributed by atoms with Crippen molar-refractivity contribution in [2.75, 3.05) is 5.73 Å². The molecule has 0 aliphatic heterocycles. The zero-order valence-corrected chi connectivity index (χ0v) is 8.01. The lowest BCUT2D eigenvalue weighted by Gasteiger charge is -2.07. The van der Waals surface area contributed by atoms with Crippen LogP contribution in [0.5, 0.6) is 0 Å². The van der Waals surface area contributed by atoms with Crippen molar-refractivity contribution in [1.82, 2.24) is 0 Å². The molecule has 5 nitrogen and oxygen atoms in total. The van der Waals surface area contributed by atoms with Gasteiger partial charge >= 0.3 is 5.97 Å². The number of carboxylic acid groups (broad SMARTS) is 1. The van der Waals surface area contributed by atoms with Gasteiger partial charge in [-0.1, -0.05) is 18.2 Å². The van der Waals surface area contributed by atoms with Crippen LogP contribution < -0.4 is 11.5 Å². The molecule has 0 fully saturated rings. The Morgan fingerprint density at radius 3 is 2.47 bits per heavy atom. The summed E-state index contributed by atoms with van der Waals surface area (Å²) in [5.74, 6) is -1.88. The van der Waals surface area contributed by atoms with E-state index in [4.69, 9.17) is 16.6 Å². The van der Waals surface area contributed by atoms with Crippen LogP contribution in [0.15, 0.2) is 24.3 Å². The summed E-state index contributed by atoms with van der Waals surface area (Å²) in [7, 11) is 0. The molecular formula is C10H12N2O3. The fraction of sp³-hybridized carbons (Fsp3) is 0.200. The first-order valence-corrected chi connectivity index (χ1v) is 4.37. The van der Waals surface area contributed by atoms with Gasteiger partial charge in [-0.3, -0.25) is 9.59 Å². The molecule has 0 saturated carbocycles. The van der Waals surface area contributed by atoms with Crippen LogP contribution in [0.4, 0.5) is 5.69 Å². The number of hydrogen-bond donors (Lipinski definition) is 3. The van der Waals surface area contributed by atoms with Crippen molar-refractivity contribution < 1.29 is 14.7 Å². The number of Topliss-reactive ketones (excluding diaryl/α,β-unsaturated/α-hetero) is 1. The van der Waals surface area contributed by atoms with Crippen molar-refractivity contribution in [3.63, 3.8) is 0 Å². The van der Waals surface area contributed by atoms with E-state index in [2.05, 4.69) is 0 Å². The molecule has 0 heterocycles. The zero-order valence-electron chi connectivity index (χ0n) is 8.01. The van der Waals surface area contributed by atoms with Gasteiger partial charge < -0.3 is 16.6 Å². The first-order chi connectivity index (χ1) is 7.02. The van der Waals surface area contributed by atoms with Crippen molar-refractivity contribution >= 4 is 17.4 Å². The van der Waals surface area contributed by atoms with E-state index in [0.717, 1.165) is 0 Å². The summed E-state index contributed by atoms with van der Waals surface area (Å²) < 4.78 is 0. The number of carbonyl (C=O) groups is 2. The number of anilines is 1. The van der Waals surface area contributed by atoms with E-state index in [-0.39, 0.29) is 6.42 Å². The Kier molecular flexibility index (Phi) is 3.41. The van der Waals surface area contributed by atoms with Crippen LogP contribution in [0.1, 0.15) is 5.56 Å². The third kappa shape index (κ3) is 2.78. The molecule has 1 aromatic rings. The highest BCUT2D eigenvalue weighted by atomic mass is 16.4. The van der Waals surface area contributed by atoms with Gasteiger partial charge in [0.05, 0.1) is 0 Å². The number of aliphatic carboxylic acids is 1. The predicted octanol–water partition coefficient (Wildman–Crippen LogP) is -0.208. The summed E-state index contributed by atoms with van der Waals surface area (Å²) in [5.41, 5.74) is 11.8. The van der Waals surface area contributed by atoms with Gasteiger partial charge in [0.15, 0.2) is 11.8 Å². The van der Waals surface area contributed by atoms with E-state index in [1.165, 1.54) is 0 Å². The van der Waals surface area contributed by atoms with Crippen LogP contribution in [0, 0.1) is 0 Å². The first-order valence-electron chi connectivity index (χ1n) is 4.37. The number of carboxylic acids is 1. The Hall–Kier alpha value is -1.88. The van der Waals surface area contributed by atoms with Crippen molar-refractivity contribution in [2.24, 2.45) is 5.73 Å². The average molecular weight is 208 g/mol. The van der Waals surface area contributed by atoms with E-state index in [9.17, 15) is 9.59 Å². The Morgan fingerprint density at radius 2 is 1.93 bits per heavy atom. The van der Waals surface area contributed by atoms with Gasteiger partial charge in [-0.05, 0) is 11.6 Å². The van der Waals surface area contributed by atoms with Gasteiger partial charge in [-0.25, -0.2) is 0 Å². The molecule has 80 valence electrons. The van der Waals surface area contributed by atoms with Crippen LogP contribution >= 0.6 is 0 Å². The third-order valence-corrected chi connectivity index (χ3v) is 2.03. The quantitative estimate of drug-likeness (QED) is 0.469. The molecule has 5 N–H and O–H groups in total. The Bertz CT molecular complexity index is 390.